The Morgan fingerprint density at radius 1 is 1.15 bits per heavy atom. The number of thioether (sulfide) groups is 1. The van der Waals surface area contributed by atoms with Crippen LogP contribution in [0.5, 0.6) is 5.75 Å². The molecular formula is C18H25N3O4S. The van der Waals surface area contributed by atoms with E-state index in [1.54, 1.807) is 28.8 Å². The normalized spacial score (nSPS) is 21.5. The summed E-state index contributed by atoms with van der Waals surface area (Å²) in [5, 5.41) is 9.12. The predicted molar refractivity (Wildman–Crippen MR) is 102 cm³/mol. The summed E-state index contributed by atoms with van der Waals surface area (Å²) < 4.78 is 4.80. The number of nitrogens with zero attached hydrogens (tertiary/aromatic N) is 3. The van der Waals surface area contributed by atoms with Crippen LogP contribution in [-0.4, -0.2) is 90.7 Å². The molecule has 0 saturated carbocycles. The predicted octanol–water partition coefficient (Wildman–Crippen LogP) is 0.631. The summed E-state index contributed by atoms with van der Waals surface area (Å²) >= 11 is 1.56. The average Bonchev–Trinajstić information content (AvgIpc) is 2.68. The smallest absolute Gasteiger partial charge is 0.320 e. The highest BCUT2D eigenvalue weighted by molar-refractivity contribution is 8.00. The highest BCUT2D eigenvalue weighted by Gasteiger charge is 2.30. The number of anilines is 1. The van der Waals surface area contributed by atoms with Crippen molar-refractivity contribution in [3.8, 4) is 5.75 Å². The number of hydrogen-bond acceptors (Lipinski definition) is 7. The third-order valence-corrected chi connectivity index (χ3v) is 5.99. The maximum Gasteiger partial charge on any atom is 0.320 e. The zero-order valence-electron chi connectivity index (χ0n) is 15.0. The highest BCUT2D eigenvalue weighted by atomic mass is 32.2. The van der Waals surface area contributed by atoms with E-state index in [0.717, 1.165) is 37.6 Å². The molecule has 1 N–H and O–H groups in total. The molecule has 0 unspecified atom stereocenters. The van der Waals surface area contributed by atoms with Crippen LogP contribution < -0.4 is 4.90 Å². The minimum absolute atomic E-state index is 0.0808. The van der Waals surface area contributed by atoms with Crippen LogP contribution in [0, 0.1) is 0 Å². The monoisotopic (exact) mass is 379 g/mol. The van der Waals surface area contributed by atoms with Gasteiger partial charge in [-0.3, -0.25) is 14.5 Å². The summed E-state index contributed by atoms with van der Waals surface area (Å²) in [6, 6.07) is 7.21. The second-order valence-corrected chi connectivity index (χ2v) is 7.81. The zero-order chi connectivity index (χ0) is 18.5. The van der Waals surface area contributed by atoms with Crippen LogP contribution in [0.25, 0.3) is 0 Å². The molecule has 0 bridgehead atoms. The molecule has 0 aliphatic carbocycles. The maximum absolute atomic E-state index is 12.6. The molecule has 7 nitrogen and oxygen atoms in total. The van der Waals surface area contributed by atoms with Crippen LogP contribution in [-0.2, 0) is 14.3 Å². The van der Waals surface area contributed by atoms with E-state index in [1.165, 1.54) is 7.11 Å². The number of amides is 1. The Labute approximate surface area is 157 Å². The second-order valence-electron chi connectivity index (χ2n) is 6.50. The molecule has 2 heterocycles. The summed E-state index contributed by atoms with van der Waals surface area (Å²) in [6.45, 7) is 4.83. The first-order valence-electron chi connectivity index (χ1n) is 8.80. The molecule has 2 aliphatic rings. The first kappa shape index (κ1) is 18.8. The SMILES string of the molecule is COC(=O)[C@@H]1CN(C(=O)CN2CCN(c3ccc(O)cc3)CC2)CCS1. The van der Waals surface area contributed by atoms with E-state index in [1.807, 2.05) is 12.1 Å². The van der Waals surface area contributed by atoms with E-state index in [9.17, 15) is 14.7 Å². The van der Waals surface area contributed by atoms with Gasteiger partial charge in [0.1, 0.15) is 11.0 Å². The zero-order valence-corrected chi connectivity index (χ0v) is 15.8. The fourth-order valence-corrected chi connectivity index (χ4v) is 4.40. The molecule has 1 atom stereocenters. The molecule has 2 saturated heterocycles. The Morgan fingerprint density at radius 3 is 2.50 bits per heavy atom. The van der Waals surface area contributed by atoms with Gasteiger partial charge in [-0.1, -0.05) is 0 Å². The van der Waals surface area contributed by atoms with Gasteiger partial charge in [-0.25, -0.2) is 0 Å². The van der Waals surface area contributed by atoms with Crippen LogP contribution in [0.3, 0.4) is 0 Å². The summed E-state index contributed by atoms with van der Waals surface area (Å²) in [4.78, 5) is 30.5. The lowest BCUT2D eigenvalue weighted by atomic mass is 10.2. The van der Waals surface area contributed by atoms with E-state index in [0.29, 0.717) is 19.6 Å². The Hall–Kier alpha value is -1.93. The van der Waals surface area contributed by atoms with Gasteiger partial charge in [-0.2, -0.15) is 0 Å². The average molecular weight is 379 g/mol. The number of carbonyl (C=O) groups excluding carboxylic acids is 2. The third-order valence-electron chi connectivity index (χ3n) is 4.83. The molecule has 1 aromatic rings. The topological polar surface area (TPSA) is 73.3 Å². The number of phenolic OH excluding ortho intramolecular Hbond substituents is 1. The van der Waals surface area contributed by atoms with Crippen LogP contribution in [0.15, 0.2) is 24.3 Å². The third kappa shape index (κ3) is 4.62. The Kier molecular flexibility index (Phi) is 6.26. The van der Waals surface area contributed by atoms with Crippen LogP contribution in [0.4, 0.5) is 5.69 Å². The van der Waals surface area contributed by atoms with E-state index < -0.39 is 0 Å². The summed E-state index contributed by atoms with van der Waals surface area (Å²) in [7, 11) is 1.39. The fraction of sp³-hybridized carbons (Fsp3) is 0.556. The largest absolute Gasteiger partial charge is 0.508 e. The van der Waals surface area contributed by atoms with Crippen molar-refractivity contribution in [3.63, 3.8) is 0 Å². The molecule has 0 radical (unpaired) electrons. The number of ether oxygens (including phenoxy) is 1. The van der Waals surface area contributed by atoms with Gasteiger partial charge in [-0.15, -0.1) is 11.8 Å². The maximum atomic E-state index is 12.6. The molecule has 0 spiro atoms. The number of piperazine rings is 1. The van der Waals surface area contributed by atoms with E-state index in [2.05, 4.69) is 9.80 Å². The summed E-state index contributed by atoms with van der Waals surface area (Å²) in [6.07, 6.45) is 0. The number of aromatic hydroxyl groups is 1. The first-order chi connectivity index (χ1) is 12.6. The number of benzene rings is 1. The molecule has 1 aromatic carbocycles. The van der Waals surface area contributed by atoms with Crippen molar-refractivity contribution in [2.45, 2.75) is 5.25 Å². The Balaban J connectivity index is 1.47. The van der Waals surface area contributed by atoms with Crippen molar-refractivity contribution in [3.05, 3.63) is 24.3 Å². The van der Waals surface area contributed by atoms with Crippen molar-refractivity contribution in [2.75, 3.05) is 63.6 Å². The van der Waals surface area contributed by atoms with Crippen LogP contribution in [0.1, 0.15) is 0 Å². The van der Waals surface area contributed by atoms with Crippen molar-refractivity contribution in [2.24, 2.45) is 0 Å². The van der Waals surface area contributed by atoms with E-state index in [-0.39, 0.29) is 22.9 Å². The van der Waals surface area contributed by atoms with Crippen molar-refractivity contribution < 1.29 is 19.4 Å². The Morgan fingerprint density at radius 2 is 1.85 bits per heavy atom. The minimum atomic E-state index is -0.274. The van der Waals surface area contributed by atoms with Gasteiger partial charge in [0.25, 0.3) is 0 Å². The molecule has 1 amide bonds. The van der Waals surface area contributed by atoms with Gasteiger partial charge >= 0.3 is 5.97 Å². The van der Waals surface area contributed by atoms with E-state index in [4.69, 9.17) is 4.74 Å². The summed E-state index contributed by atoms with van der Waals surface area (Å²) in [5.74, 6) is 0.857. The van der Waals surface area contributed by atoms with Gasteiger partial charge in [0.05, 0.1) is 13.7 Å². The van der Waals surface area contributed by atoms with E-state index >= 15 is 0 Å². The van der Waals surface area contributed by atoms with Gasteiger partial charge in [-0.05, 0) is 24.3 Å². The summed E-state index contributed by atoms with van der Waals surface area (Å²) in [5.41, 5.74) is 1.09. The van der Waals surface area contributed by atoms with Gasteiger partial charge in [0.2, 0.25) is 5.91 Å². The molecule has 2 aliphatic heterocycles. The van der Waals surface area contributed by atoms with Crippen molar-refractivity contribution in [1.29, 1.82) is 0 Å². The van der Waals surface area contributed by atoms with Crippen LogP contribution in [0.2, 0.25) is 0 Å². The number of methoxy groups -OCH3 is 1. The molecule has 8 heteroatoms. The van der Waals surface area contributed by atoms with Crippen molar-refractivity contribution >= 4 is 29.3 Å². The van der Waals surface area contributed by atoms with Gasteiger partial charge in [0, 0.05) is 50.7 Å². The van der Waals surface area contributed by atoms with Crippen LogP contribution >= 0.6 is 11.8 Å². The standard InChI is InChI=1S/C18H25N3O4S/c1-25-18(24)16-12-21(10-11-26-16)17(23)13-19-6-8-20(9-7-19)14-2-4-15(22)5-3-14/h2-5,16,22H,6-13H2,1H3/t16-/m0/s1. The van der Waals surface area contributed by atoms with Gasteiger partial charge in [0.15, 0.2) is 0 Å². The number of hydrogen-bond donors (Lipinski definition) is 1. The molecule has 26 heavy (non-hydrogen) atoms. The molecule has 3 rings (SSSR count). The molecule has 0 aromatic heterocycles. The first-order valence-corrected chi connectivity index (χ1v) is 9.85. The number of carbonyl (C=O) groups is 2. The highest BCUT2D eigenvalue weighted by Crippen LogP contribution is 2.21. The van der Waals surface area contributed by atoms with Crippen molar-refractivity contribution in [1.82, 2.24) is 9.80 Å². The second kappa shape index (κ2) is 8.64. The lowest BCUT2D eigenvalue weighted by molar-refractivity contribution is -0.141. The number of esters is 1. The minimum Gasteiger partial charge on any atom is -0.508 e. The molecular weight excluding hydrogens is 354 g/mol. The Bertz CT molecular complexity index is 632. The number of phenols is 1. The van der Waals surface area contributed by atoms with Gasteiger partial charge < -0.3 is 19.6 Å². The molecule has 142 valence electrons. The molecule has 2 fully saturated rings. The number of rotatable bonds is 4. The quantitative estimate of drug-likeness (QED) is 0.769. The lowest BCUT2D eigenvalue weighted by Crippen LogP contribution is -2.52. The fourth-order valence-electron chi connectivity index (χ4n) is 3.27. The lowest BCUT2D eigenvalue weighted by Gasteiger charge is -2.37.